The predicted octanol–water partition coefficient (Wildman–Crippen LogP) is 3.59. The third-order valence-electron chi connectivity index (χ3n) is 2.21. The summed E-state index contributed by atoms with van der Waals surface area (Å²) in [4.78, 5) is 0. The van der Waals surface area contributed by atoms with E-state index >= 15 is 0 Å². The third kappa shape index (κ3) is 2.04. The fourth-order valence-electron chi connectivity index (χ4n) is 1.43. The normalized spacial score (nSPS) is 12.7. The average Bonchev–Trinajstić information content (AvgIpc) is 2.69. The van der Waals surface area contributed by atoms with Gasteiger partial charge in [0.25, 0.3) is 0 Å². The van der Waals surface area contributed by atoms with Crippen molar-refractivity contribution in [3.05, 3.63) is 57.0 Å². The summed E-state index contributed by atoms with van der Waals surface area (Å²) >= 11 is 7.45. The maximum absolute atomic E-state index is 13.5. The summed E-state index contributed by atoms with van der Waals surface area (Å²) in [6.45, 7) is 0. The van der Waals surface area contributed by atoms with Crippen LogP contribution >= 0.6 is 22.9 Å². The largest absolute Gasteiger partial charge is 0.320 e. The lowest BCUT2D eigenvalue weighted by molar-refractivity contribution is 0.600. The summed E-state index contributed by atoms with van der Waals surface area (Å²) in [5.41, 5.74) is 7.18. The Kier molecular flexibility index (Phi) is 3.05. The Hall–Kier alpha value is -0.900. The van der Waals surface area contributed by atoms with Gasteiger partial charge in [-0.25, -0.2) is 4.39 Å². The summed E-state index contributed by atoms with van der Waals surface area (Å²) < 4.78 is 13.5. The first-order valence-corrected chi connectivity index (χ1v) is 5.74. The molecule has 2 aromatic rings. The summed E-state index contributed by atoms with van der Waals surface area (Å²) in [5, 5.41) is 4.17. The van der Waals surface area contributed by atoms with Crippen molar-refractivity contribution in [3.8, 4) is 0 Å². The second kappa shape index (κ2) is 4.31. The van der Waals surface area contributed by atoms with Crippen molar-refractivity contribution >= 4 is 22.9 Å². The Morgan fingerprint density at radius 2 is 2.13 bits per heavy atom. The molecule has 1 heterocycles. The van der Waals surface area contributed by atoms with E-state index in [-0.39, 0.29) is 5.82 Å². The topological polar surface area (TPSA) is 26.0 Å². The van der Waals surface area contributed by atoms with Crippen molar-refractivity contribution in [1.82, 2.24) is 0 Å². The molecule has 1 atom stereocenters. The van der Waals surface area contributed by atoms with E-state index in [1.165, 1.54) is 17.4 Å². The second-order valence-electron chi connectivity index (χ2n) is 3.17. The first-order valence-electron chi connectivity index (χ1n) is 4.41. The SMILES string of the molecule is N[C@@H](c1ccsc1)c1c(F)cccc1Cl. The zero-order valence-corrected chi connectivity index (χ0v) is 9.36. The van der Waals surface area contributed by atoms with Crippen molar-refractivity contribution in [1.29, 1.82) is 0 Å². The predicted molar refractivity (Wildman–Crippen MR) is 61.8 cm³/mol. The number of halogens is 2. The number of benzene rings is 1. The zero-order valence-electron chi connectivity index (χ0n) is 7.78. The molecule has 0 amide bonds. The molecule has 0 aliphatic rings. The highest BCUT2D eigenvalue weighted by atomic mass is 35.5. The van der Waals surface area contributed by atoms with Gasteiger partial charge in [-0.15, -0.1) is 0 Å². The molecule has 1 aromatic carbocycles. The van der Waals surface area contributed by atoms with Crippen LogP contribution in [0.5, 0.6) is 0 Å². The van der Waals surface area contributed by atoms with Crippen LogP contribution in [-0.4, -0.2) is 0 Å². The van der Waals surface area contributed by atoms with Crippen molar-refractivity contribution in [2.24, 2.45) is 5.73 Å². The maximum atomic E-state index is 13.5. The second-order valence-corrected chi connectivity index (χ2v) is 4.36. The van der Waals surface area contributed by atoms with Gasteiger partial charge in [0.05, 0.1) is 6.04 Å². The molecule has 0 aliphatic heterocycles. The minimum atomic E-state index is -0.495. The molecule has 0 radical (unpaired) electrons. The molecule has 0 saturated carbocycles. The van der Waals surface area contributed by atoms with E-state index in [4.69, 9.17) is 17.3 Å². The van der Waals surface area contributed by atoms with Crippen LogP contribution in [-0.2, 0) is 0 Å². The molecular weight excluding hydrogens is 233 g/mol. The standard InChI is InChI=1S/C11H9ClFNS/c12-8-2-1-3-9(13)10(8)11(14)7-4-5-15-6-7/h1-6,11H,14H2/t11-/m0/s1. The molecule has 0 bridgehead atoms. The number of rotatable bonds is 2. The van der Waals surface area contributed by atoms with Gasteiger partial charge in [0.2, 0.25) is 0 Å². The quantitative estimate of drug-likeness (QED) is 0.855. The van der Waals surface area contributed by atoms with Crippen LogP contribution in [0.25, 0.3) is 0 Å². The molecule has 2 rings (SSSR count). The summed E-state index contributed by atoms with van der Waals surface area (Å²) in [5.74, 6) is -0.360. The fourth-order valence-corrected chi connectivity index (χ4v) is 2.40. The lowest BCUT2D eigenvalue weighted by Gasteiger charge is -2.13. The van der Waals surface area contributed by atoms with Gasteiger partial charge in [0, 0.05) is 10.6 Å². The zero-order chi connectivity index (χ0) is 10.8. The Labute approximate surface area is 96.3 Å². The number of thiophene rings is 1. The van der Waals surface area contributed by atoms with Gasteiger partial charge in [-0.3, -0.25) is 0 Å². The highest BCUT2D eigenvalue weighted by Crippen LogP contribution is 2.29. The van der Waals surface area contributed by atoms with Crippen LogP contribution in [0.4, 0.5) is 4.39 Å². The first-order chi connectivity index (χ1) is 7.20. The van der Waals surface area contributed by atoms with E-state index in [1.807, 2.05) is 16.8 Å². The lowest BCUT2D eigenvalue weighted by Crippen LogP contribution is -2.13. The van der Waals surface area contributed by atoms with Crippen LogP contribution in [0.3, 0.4) is 0 Å². The van der Waals surface area contributed by atoms with E-state index in [2.05, 4.69) is 0 Å². The van der Waals surface area contributed by atoms with Gasteiger partial charge in [-0.1, -0.05) is 17.7 Å². The van der Waals surface area contributed by atoms with Crippen LogP contribution in [0.2, 0.25) is 5.02 Å². The van der Waals surface area contributed by atoms with Crippen LogP contribution in [0.15, 0.2) is 35.0 Å². The number of hydrogen-bond donors (Lipinski definition) is 1. The summed E-state index contributed by atoms with van der Waals surface area (Å²) in [6, 6.07) is 5.96. The van der Waals surface area contributed by atoms with E-state index in [1.54, 1.807) is 12.1 Å². The first kappa shape index (κ1) is 10.6. The van der Waals surface area contributed by atoms with Gasteiger partial charge in [-0.2, -0.15) is 11.3 Å². The van der Waals surface area contributed by atoms with E-state index < -0.39 is 6.04 Å². The Bertz CT molecular complexity index is 435. The minimum absolute atomic E-state index is 0.359. The monoisotopic (exact) mass is 241 g/mol. The van der Waals surface area contributed by atoms with Crippen LogP contribution < -0.4 is 5.73 Å². The summed E-state index contributed by atoms with van der Waals surface area (Å²) in [6.07, 6.45) is 0. The van der Waals surface area contributed by atoms with E-state index in [0.29, 0.717) is 10.6 Å². The third-order valence-corrected chi connectivity index (χ3v) is 3.24. The van der Waals surface area contributed by atoms with Gasteiger partial charge < -0.3 is 5.73 Å². The Balaban J connectivity index is 2.46. The van der Waals surface area contributed by atoms with Crippen molar-refractivity contribution in [2.75, 3.05) is 0 Å². The molecular formula is C11H9ClFNS. The van der Waals surface area contributed by atoms with Crippen LogP contribution in [0.1, 0.15) is 17.2 Å². The molecule has 0 fully saturated rings. The van der Waals surface area contributed by atoms with Crippen LogP contribution in [0, 0.1) is 5.82 Å². The van der Waals surface area contributed by atoms with E-state index in [9.17, 15) is 4.39 Å². The lowest BCUT2D eigenvalue weighted by atomic mass is 10.0. The smallest absolute Gasteiger partial charge is 0.129 e. The molecule has 1 nitrogen and oxygen atoms in total. The Morgan fingerprint density at radius 3 is 2.73 bits per heavy atom. The van der Waals surface area contributed by atoms with Gasteiger partial charge >= 0.3 is 0 Å². The fraction of sp³-hybridized carbons (Fsp3) is 0.0909. The van der Waals surface area contributed by atoms with E-state index in [0.717, 1.165) is 5.56 Å². The Morgan fingerprint density at radius 1 is 1.33 bits per heavy atom. The molecule has 0 aliphatic carbocycles. The maximum Gasteiger partial charge on any atom is 0.129 e. The van der Waals surface area contributed by atoms with Gasteiger partial charge in [0.15, 0.2) is 0 Å². The molecule has 0 saturated heterocycles. The molecule has 1 aromatic heterocycles. The van der Waals surface area contributed by atoms with Crippen molar-refractivity contribution < 1.29 is 4.39 Å². The van der Waals surface area contributed by atoms with Gasteiger partial charge in [0.1, 0.15) is 5.82 Å². The highest BCUT2D eigenvalue weighted by Gasteiger charge is 2.16. The molecule has 0 unspecified atom stereocenters. The van der Waals surface area contributed by atoms with Crippen molar-refractivity contribution in [3.63, 3.8) is 0 Å². The molecule has 0 spiro atoms. The highest BCUT2D eigenvalue weighted by molar-refractivity contribution is 7.08. The number of nitrogens with two attached hydrogens (primary N) is 1. The van der Waals surface area contributed by atoms with Crippen molar-refractivity contribution in [2.45, 2.75) is 6.04 Å². The molecule has 15 heavy (non-hydrogen) atoms. The molecule has 78 valence electrons. The number of hydrogen-bond acceptors (Lipinski definition) is 2. The average molecular weight is 242 g/mol. The minimum Gasteiger partial charge on any atom is -0.320 e. The van der Waals surface area contributed by atoms with Gasteiger partial charge in [-0.05, 0) is 34.5 Å². The molecule has 2 N–H and O–H groups in total. The molecule has 4 heteroatoms. The summed E-state index contributed by atoms with van der Waals surface area (Å²) in [7, 11) is 0.